The van der Waals surface area contributed by atoms with Crippen LogP contribution in [0, 0.1) is 0 Å². The van der Waals surface area contributed by atoms with E-state index >= 15 is 0 Å². The van der Waals surface area contributed by atoms with E-state index < -0.39 is 5.97 Å². The molecule has 0 N–H and O–H groups in total. The van der Waals surface area contributed by atoms with Crippen LogP contribution in [0.5, 0.6) is 0 Å². The Balaban J connectivity index is 2.44. The number of carbonyl (C=O) groups is 1. The highest BCUT2D eigenvalue weighted by atomic mass is 35.5. The minimum absolute atomic E-state index is 0.0262. The van der Waals surface area contributed by atoms with Crippen molar-refractivity contribution in [2.45, 2.75) is 20.0 Å². The molecular weight excluding hydrogens is 339 g/mol. The second kappa shape index (κ2) is 7.01. The number of ether oxygens (including phenoxy) is 2. The molecule has 0 amide bonds. The molecule has 1 aromatic rings. The third-order valence-corrected chi connectivity index (χ3v) is 3.96. The summed E-state index contributed by atoms with van der Waals surface area (Å²) in [7, 11) is 0. The summed E-state index contributed by atoms with van der Waals surface area (Å²) in [6, 6.07) is 0. The smallest absolute Gasteiger partial charge is 0.358 e. The first kappa shape index (κ1) is 16.6. The molecule has 1 aromatic heterocycles. The Bertz CT molecular complexity index is 546. The first-order valence-corrected chi connectivity index (χ1v) is 7.63. The molecule has 0 unspecified atom stereocenters. The van der Waals surface area contributed by atoms with Crippen LogP contribution < -0.4 is 4.90 Å². The summed E-state index contributed by atoms with van der Waals surface area (Å²) in [6.45, 7) is 5.81. The number of hydrogen-bond acceptors (Lipinski definition) is 5. The van der Waals surface area contributed by atoms with Crippen molar-refractivity contribution < 1.29 is 14.3 Å². The monoisotopic (exact) mass is 352 g/mol. The molecule has 21 heavy (non-hydrogen) atoms. The van der Waals surface area contributed by atoms with Gasteiger partial charge in [0.15, 0.2) is 10.8 Å². The van der Waals surface area contributed by atoms with Crippen molar-refractivity contribution in [2.24, 2.45) is 0 Å². The number of nitrogens with zero attached hydrogens (tertiary/aromatic N) is 2. The molecule has 1 aliphatic heterocycles. The fourth-order valence-corrected chi connectivity index (χ4v) is 2.78. The average molecular weight is 354 g/mol. The molecule has 1 aliphatic rings. The van der Waals surface area contributed by atoms with E-state index in [1.165, 1.54) is 0 Å². The van der Waals surface area contributed by atoms with Gasteiger partial charge in [0.25, 0.3) is 0 Å². The van der Waals surface area contributed by atoms with Crippen LogP contribution in [0.1, 0.15) is 24.3 Å². The Hall–Kier alpha value is -0.750. The number of pyridine rings is 1. The van der Waals surface area contributed by atoms with E-state index in [-0.39, 0.29) is 27.0 Å². The van der Waals surface area contributed by atoms with Crippen LogP contribution in [0.3, 0.4) is 0 Å². The molecule has 2 heterocycles. The van der Waals surface area contributed by atoms with Gasteiger partial charge in [-0.1, -0.05) is 34.8 Å². The number of esters is 1. The van der Waals surface area contributed by atoms with Crippen LogP contribution in [-0.2, 0) is 9.47 Å². The number of hydrogen-bond donors (Lipinski definition) is 0. The second-order valence-corrected chi connectivity index (χ2v) is 5.90. The Morgan fingerprint density at radius 3 is 2.43 bits per heavy atom. The van der Waals surface area contributed by atoms with Crippen LogP contribution in [0.15, 0.2) is 0 Å². The van der Waals surface area contributed by atoms with E-state index in [0.29, 0.717) is 32.0 Å². The van der Waals surface area contributed by atoms with Crippen molar-refractivity contribution in [3.05, 3.63) is 20.9 Å². The molecule has 0 atom stereocenters. The van der Waals surface area contributed by atoms with Crippen molar-refractivity contribution in [3.63, 3.8) is 0 Å². The molecule has 8 heteroatoms. The number of rotatable bonds is 3. The SMILES string of the molecule is CC(C)OC(=O)c1nc(Cl)c(Cl)c(N2CCOCC2)c1Cl. The summed E-state index contributed by atoms with van der Waals surface area (Å²) in [4.78, 5) is 17.9. The zero-order chi connectivity index (χ0) is 15.6. The topological polar surface area (TPSA) is 51.7 Å². The van der Waals surface area contributed by atoms with Gasteiger partial charge in [-0.25, -0.2) is 9.78 Å². The number of halogens is 3. The fraction of sp³-hybridized carbons (Fsp3) is 0.538. The van der Waals surface area contributed by atoms with Gasteiger partial charge in [-0.05, 0) is 13.8 Å². The van der Waals surface area contributed by atoms with E-state index in [4.69, 9.17) is 44.3 Å². The predicted molar refractivity (Wildman–Crippen MR) is 82.9 cm³/mol. The average Bonchev–Trinajstić information content (AvgIpc) is 2.43. The summed E-state index contributed by atoms with van der Waals surface area (Å²) in [5, 5.41) is 0.403. The van der Waals surface area contributed by atoms with Crippen LogP contribution in [0.2, 0.25) is 15.2 Å². The third kappa shape index (κ3) is 3.72. The Kier molecular flexibility index (Phi) is 5.54. The van der Waals surface area contributed by atoms with Crippen molar-refractivity contribution in [1.29, 1.82) is 0 Å². The maximum absolute atomic E-state index is 12.1. The van der Waals surface area contributed by atoms with Gasteiger partial charge in [-0.15, -0.1) is 0 Å². The maximum Gasteiger partial charge on any atom is 0.358 e. The number of carbonyl (C=O) groups excluding carboxylic acids is 1. The first-order chi connectivity index (χ1) is 9.91. The fourth-order valence-electron chi connectivity index (χ4n) is 1.97. The molecule has 0 spiro atoms. The van der Waals surface area contributed by atoms with Crippen molar-refractivity contribution in [1.82, 2.24) is 4.98 Å². The molecule has 116 valence electrons. The highest BCUT2D eigenvalue weighted by molar-refractivity contribution is 6.46. The standard InChI is InChI=1S/C13H15Cl3N2O3/c1-7(2)21-13(19)10-8(14)11(9(15)12(16)17-10)18-3-5-20-6-4-18/h7H,3-6H2,1-2H3. The zero-order valence-electron chi connectivity index (χ0n) is 11.7. The largest absolute Gasteiger partial charge is 0.458 e. The number of morpholine rings is 1. The predicted octanol–water partition coefficient (Wildman–Crippen LogP) is 3.44. The molecule has 1 fully saturated rings. The van der Waals surface area contributed by atoms with Crippen molar-refractivity contribution >= 4 is 46.5 Å². The zero-order valence-corrected chi connectivity index (χ0v) is 13.9. The lowest BCUT2D eigenvalue weighted by Gasteiger charge is -2.30. The van der Waals surface area contributed by atoms with Gasteiger partial charge in [-0.2, -0.15) is 0 Å². The highest BCUT2D eigenvalue weighted by Gasteiger charge is 2.27. The minimum atomic E-state index is -0.622. The van der Waals surface area contributed by atoms with E-state index in [2.05, 4.69) is 4.98 Å². The number of anilines is 1. The molecule has 0 bridgehead atoms. The summed E-state index contributed by atoms with van der Waals surface area (Å²) in [5.41, 5.74) is 0.471. The van der Waals surface area contributed by atoms with Gasteiger partial charge in [0.2, 0.25) is 0 Å². The minimum Gasteiger partial charge on any atom is -0.458 e. The van der Waals surface area contributed by atoms with Gasteiger partial charge in [-0.3, -0.25) is 0 Å². The molecule has 0 saturated carbocycles. The Labute approximate surface area is 138 Å². The van der Waals surface area contributed by atoms with Gasteiger partial charge in [0, 0.05) is 13.1 Å². The van der Waals surface area contributed by atoms with Gasteiger partial charge in [0.05, 0.1) is 30.0 Å². The molecular formula is C13H15Cl3N2O3. The molecule has 0 radical (unpaired) electrons. The van der Waals surface area contributed by atoms with E-state index in [9.17, 15) is 4.79 Å². The second-order valence-electron chi connectivity index (χ2n) is 4.78. The van der Waals surface area contributed by atoms with Crippen LogP contribution >= 0.6 is 34.8 Å². The summed E-state index contributed by atoms with van der Waals surface area (Å²) >= 11 is 18.5. The summed E-state index contributed by atoms with van der Waals surface area (Å²) in [5.74, 6) is -0.622. The lowest BCUT2D eigenvalue weighted by molar-refractivity contribution is 0.0371. The highest BCUT2D eigenvalue weighted by Crippen LogP contribution is 2.40. The Morgan fingerprint density at radius 1 is 1.24 bits per heavy atom. The lowest BCUT2D eigenvalue weighted by atomic mass is 10.2. The number of aromatic nitrogens is 1. The lowest BCUT2D eigenvalue weighted by Crippen LogP contribution is -2.37. The summed E-state index contributed by atoms with van der Waals surface area (Å²) in [6.07, 6.45) is -0.281. The van der Waals surface area contributed by atoms with Gasteiger partial charge >= 0.3 is 5.97 Å². The van der Waals surface area contributed by atoms with Crippen LogP contribution in [-0.4, -0.2) is 43.4 Å². The van der Waals surface area contributed by atoms with E-state index in [1.807, 2.05) is 4.90 Å². The van der Waals surface area contributed by atoms with E-state index in [0.717, 1.165) is 0 Å². The Morgan fingerprint density at radius 2 is 1.86 bits per heavy atom. The van der Waals surface area contributed by atoms with Crippen molar-refractivity contribution in [3.8, 4) is 0 Å². The first-order valence-electron chi connectivity index (χ1n) is 6.50. The summed E-state index contributed by atoms with van der Waals surface area (Å²) < 4.78 is 10.4. The molecule has 0 aliphatic carbocycles. The molecule has 0 aromatic carbocycles. The van der Waals surface area contributed by atoms with Crippen LogP contribution in [0.25, 0.3) is 0 Å². The normalized spacial score (nSPS) is 15.4. The molecule has 5 nitrogen and oxygen atoms in total. The van der Waals surface area contributed by atoms with E-state index in [1.54, 1.807) is 13.8 Å². The quantitative estimate of drug-likeness (QED) is 0.615. The van der Waals surface area contributed by atoms with Crippen LogP contribution in [0.4, 0.5) is 5.69 Å². The van der Waals surface area contributed by atoms with Gasteiger partial charge < -0.3 is 14.4 Å². The maximum atomic E-state index is 12.1. The van der Waals surface area contributed by atoms with Gasteiger partial charge in [0.1, 0.15) is 5.02 Å². The molecule has 2 rings (SSSR count). The third-order valence-electron chi connectivity index (χ3n) is 2.88. The van der Waals surface area contributed by atoms with Crippen molar-refractivity contribution in [2.75, 3.05) is 31.2 Å². The molecule has 1 saturated heterocycles.